The van der Waals surface area contributed by atoms with Crippen molar-refractivity contribution in [3.63, 3.8) is 0 Å². The van der Waals surface area contributed by atoms with Crippen LogP contribution in [0.15, 0.2) is 53.4 Å². The van der Waals surface area contributed by atoms with E-state index < -0.39 is 15.7 Å². The molecule has 1 saturated heterocycles. The number of anilines is 1. The summed E-state index contributed by atoms with van der Waals surface area (Å²) < 4.78 is 24.1. The van der Waals surface area contributed by atoms with Crippen LogP contribution in [0, 0.1) is 0 Å². The van der Waals surface area contributed by atoms with E-state index in [0.717, 1.165) is 6.26 Å². The second-order valence-electron chi connectivity index (χ2n) is 6.74. The summed E-state index contributed by atoms with van der Waals surface area (Å²) in [6, 6.07) is 12.3. The molecule has 9 heteroatoms. The zero-order valence-corrected chi connectivity index (χ0v) is 16.9. The summed E-state index contributed by atoms with van der Waals surface area (Å²) >= 11 is 0. The van der Waals surface area contributed by atoms with Crippen molar-refractivity contribution in [3.05, 3.63) is 59.7 Å². The van der Waals surface area contributed by atoms with Gasteiger partial charge in [0.1, 0.15) is 0 Å². The maximum absolute atomic E-state index is 13.1. The van der Waals surface area contributed by atoms with Crippen LogP contribution >= 0.6 is 0 Å². The molecule has 1 fully saturated rings. The molecule has 0 unspecified atom stereocenters. The first-order chi connectivity index (χ1) is 13.7. The van der Waals surface area contributed by atoms with Crippen molar-refractivity contribution in [2.45, 2.75) is 18.2 Å². The number of sulfone groups is 1. The summed E-state index contributed by atoms with van der Waals surface area (Å²) in [5.41, 5.74) is 0.955. The molecule has 2 aromatic carbocycles. The average Bonchev–Trinajstić information content (AvgIpc) is 3.16. The summed E-state index contributed by atoms with van der Waals surface area (Å²) in [4.78, 5) is 37.0. The maximum atomic E-state index is 13.1. The smallest absolute Gasteiger partial charge is 0.273 e. The van der Waals surface area contributed by atoms with Gasteiger partial charge in [0, 0.05) is 37.5 Å². The Morgan fingerprint density at radius 1 is 0.897 bits per heavy atom. The van der Waals surface area contributed by atoms with Crippen molar-refractivity contribution in [1.29, 1.82) is 0 Å². The predicted octanol–water partition coefficient (Wildman–Crippen LogP) is 1.95. The molecule has 0 aliphatic carbocycles. The van der Waals surface area contributed by atoms with Gasteiger partial charge >= 0.3 is 0 Å². The number of hydrazine groups is 1. The fourth-order valence-corrected chi connectivity index (χ4v) is 4.07. The molecule has 0 bridgehead atoms. The summed E-state index contributed by atoms with van der Waals surface area (Å²) in [7, 11) is -3.60. The number of hydrogen-bond acceptors (Lipinski definition) is 5. The fourth-order valence-electron chi connectivity index (χ4n) is 3.19. The van der Waals surface area contributed by atoms with Gasteiger partial charge in [0.05, 0.1) is 10.5 Å². The molecule has 0 spiro atoms. The number of benzene rings is 2. The number of hydrogen-bond donors (Lipinski definition) is 1. The Kier molecular flexibility index (Phi) is 5.69. The molecule has 1 aliphatic heterocycles. The van der Waals surface area contributed by atoms with Crippen molar-refractivity contribution in [2.75, 3.05) is 24.7 Å². The first kappa shape index (κ1) is 20.5. The molecule has 1 heterocycles. The van der Waals surface area contributed by atoms with E-state index in [1.54, 1.807) is 36.4 Å². The minimum atomic E-state index is -3.60. The Bertz CT molecular complexity index is 1060. The Balaban J connectivity index is 1.86. The first-order valence-electron chi connectivity index (χ1n) is 8.99. The van der Waals surface area contributed by atoms with E-state index in [9.17, 15) is 22.8 Å². The highest BCUT2D eigenvalue weighted by atomic mass is 32.2. The van der Waals surface area contributed by atoms with Gasteiger partial charge in [-0.05, 0) is 42.8 Å². The van der Waals surface area contributed by atoms with Crippen LogP contribution < -0.4 is 5.32 Å². The van der Waals surface area contributed by atoms with Crippen LogP contribution in [-0.4, -0.2) is 55.5 Å². The molecular weight excluding hydrogens is 394 g/mol. The molecule has 2 aromatic rings. The van der Waals surface area contributed by atoms with Gasteiger partial charge in [-0.3, -0.25) is 14.4 Å². The molecule has 152 valence electrons. The fraction of sp³-hybridized carbons (Fsp3) is 0.250. The molecule has 0 atom stereocenters. The van der Waals surface area contributed by atoms with Gasteiger partial charge < -0.3 is 5.32 Å². The second kappa shape index (κ2) is 8.04. The molecule has 8 nitrogen and oxygen atoms in total. The van der Waals surface area contributed by atoms with Crippen molar-refractivity contribution in [2.24, 2.45) is 0 Å². The van der Waals surface area contributed by atoms with Gasteiger partial charge in [-0.1, -0.05) is 12.1 Å². The highest BCUT2D eigenvalue weighted by Gasteiger charge is 2.33. The third kappa shape index (κ3) is 4.45. The molecule has 0 radical (unpaired) electrons. The molecule has 29 heavy (non-hydrogen) atoms. The van der Waals surface area contributed by atoms with Crippen LogP contribution in [0.5, 0.6) is 0 Å². The Labute approximate surface area is 169 Å². The third-order valence-electron chi connectivity index (χ3n) is 4.47. The molecule has 0 saturated carbocycles. The topological polar surface area (TPSA) is 104 Å². The lowest BCUT2D eigenvalue weighted by Crippen LogP contribution is -2.45. The summed E-state index contributed by atoms with van der Waals surface area (Å²) in [5, 5.41) is 5.24. The van der Waals surface area contributed by atoms with Crippen molar-refractivity contribution in [3.8, 4) is 0 Å². The predicted molar refractivity (Wildman–Crippen MR) is 107 cm³/mol. The standard InChI is InChI=1S/C20H21N3O5S/c1-14(24)21-16-10-8-15(9-11-16)19(25)22-12-5-13-23(22)20(26)17-6-3-4-7-18(17)29(2,27)28/h3-4,6-11H,5,12-13H2,1-2H3,(H,21,24). The zero-order chi connectivity index (χ0) is 21.2. The van der Waals surface area contributed by atoms with Crippen molar-refractivity contribution >= 4 is 33.2 Å². The van der Waals surface area contributed by atoms with E-state index in [2.05, 4.69) is 5.32 Å². The highest BCUT2D eigenvalue weighted by molar-refractivity contribution is 7.90. The molecule has 3 amide bonds. The van der Waals surface area contributed by atoms with Crippen LogP contribution in [0.3, 0.4) is 0 Å². The number of rotatable bonds is 4. The van der Waals surface area contributed by atoms with Gasteiger partial charge in [-0.2, -0.15) is 0 Å². The van der Waals surface area contributed by atoms with Gasteiger partial charge in [0.15, 0.2) is 9.84 Å². The Morgan fingerprint density at radius 2 is 1.48 bits per heavy atom. The van der Waals surface area contributed by atoms with E-state index in [1.165, 1.54) is 29.1 Å². The lowest BCUT2D eigenvalue weighted by molar-refractivity contribution is -0.114. The lowest BCUT2D eigenvalue weighted by atomic mass is 10.2. The van der Waals surface area contributed by atoms with Gasteiger partial charge in [-0.25, -0.2) is 18.4 Å². The summed E-state index contributed by atoms with van der Waals surface area (Å²) in [6.45, 7) is 2.05. The lowest BCUT2D eigenvalue weighted by Gasteiger charge is -2.28. The molecular formula is C20H21N3O5S. The van der Waals surface area contributed by atoms with Crippen molar-refractivity contribution in [1.82, 2.24) is 10.0 Å². The molecule has 1 aliphatic rings. The average molecular weight is 415 g/mol. The van der Waals surface area contributed by atoms with Crippen LogP contribution in [-0.2, 0) is 14.6 Å². The van der Waals surface area contributed by atoms with E-state index in [0.29, 0.717) is 30.8 Å². The minimum absolute atomic E-state index is 0.0377. The van der Waals surface area contributed by atoms with E-state index in [1.807, 2.05) is 0 Å². The number of carbonyl (C=O) groups is 3. The van der Waals surface area contributed by atoms with Crippen LogP contribution in [0.1, 0.15) is 34.1 Å². The normalized spacial score (nSPS) is 14.0. The SMILES string of the molecule is CC(=O)Nc1ccc(C(=O)N2CCCN2C(=O)c2ccccc2S(C)(=O)=O)cc1. The van der Waals surface area contributed by atoms with Gasteiger partial charge in [-0.15, -0.1) is 0 Å². The molecule has 0 aromatic heterocycles. The molecule has 3 rings (SSSR count). The minimum Gasteiger partial charge on any atom is -0.326 e. The van der Waals surface area contributed by atoms with Gasteiger partial charge in [0.2, 0.25) is 5.91 Å². The number of nitrogens with zero attached hydrogens (tertiary/aromatic N) is 2. The Hall–Kier alpha value is -3.20. The monoisotopic (exact) mass is 415 g/mol. The summed E-state index contributed by atoms with van der Waals surface area (Å²) in [5.74, 6) is -1.13. The van der Waals surface area contributed by atoms with E-state index in [4.69, 9.17) is 0 Å². The van der Waals surface area contributed by atoms with E-state index in [-0.39, 0.29) is 22.3 Å². The largest absolute Gasteiger partial charge is 0.326 e. The van der Waals surface area contributed by atoms with Crippen LogP contribution in [0.4, 0.5) is 5.69 Å². The van der Waals surface area contributed by atoms with Crippen molar-refractivity contribution < 1.29 is 22.8 Å². The van der Waals surface area contributed by atoms with Gasteiger partial charge in [0.25, 0.3) is 11.8 Å². The third-order valence-corrected chi connectivity index (χ3v) is 5.62. The van der Waals surface area contributed by atoms with E-state index >= 15 is 0 Å². The quantitative estimate of drug-likeness (QED) is 0.822. The van der Waals surface area contributed by atoms with Crippen LogP contribution in [0.25, 0.3) is 0 Å². The Morgan fingerprint density at radius 3 is 2.07 bits per heavy atom. The number of amides is 3. The zero-order valence-electron chi connectivity index (χ0n) is 16.1. The first-order valence-corrected chi connectivity index (χ1v) is 10.9. The molecule has 1 N–H and O–H groups in total. The number of nitrogens with one attached hydrogen (secondary N) is 1. The second-order valence-corrected chi connectivity index (χ2v) is 8.72. The summed E-state index contributed by atoms with van der Waals surface area (Å²) in [6.07, 6.45) is 1.63. The highest BCUT2D eigenvalue weighted by Crippen LogP contribution is 2.23. The van der Waals surface area contributed by atoms with Crippen LogP contribution in [0.2, 0.25) is 0 Å². The number of carbonyl (C=O) groups excluding carboxylic acids is 3. The maximum Gasteiger partial charge on any atom is 0.273 e.